The van der Waals surface area contributed by atoms with Crippen LogP contribution in [0.25, 0.3) is 0 Å². The van der Waals surface area contributed by atoms with Gasteiger partial charge in [0.2, 0.25) is 0 Å². The van der Waals surface area contributed by atoms with Gasteiger partial charge in [-0.1, -0.05) is 38.1 Å². The molecule has 3 N–H and O–H groups in total. The number of epoxide rings is 1. The fourth-order valence-electron chi connectivity index (χ4n) is 2.89. The van der Waals surface area contributed by atoms with Crippen molar-refractivity contribution in [3.63, 3.8) is 0 Å². The van der Waals surface area contributed by atoms with Crippen LogP contribution >= 0.6 is 0 Å². The number of aliphatic hydroxyl groups is 1. The predicted octanol–water partition coefficient (Wildman–Crippen LogP) is 2.54. The Morgan fingerprint density at radius 3 is 1.97 bits per heavy atom. The molecule has 158 valence electrons. The van der Waals surface area contributed by atoms with Crippen molar-refractivity contribution in [1.29, 1.82) is 0 Å². The zero-order valence-electron chi connectivity index (χ0n) is 16.5. The summed E-state index contributed by atoms with van der Waals surface area (Å²) in [5.41, 5.74) is 2.04. The molecule has 2 atom stereocenters. The third-order valence-corrected chi connectivity index (χ3v) is 4.87. The second-order valence-corrected chi connectivity index (χ2v) is 7.41. The molecule has 0 aliphatic carbocycles. The van der Waals surface area contributed by atoms with E-state index in [-0.39, 0.29) is 18.1 Å². The summed E-state index contributed by atoms with van der Waals surface area (Å²) in [5, 5.41) is 26.0. The second kappa shape index (κ2) is 9.53. The first-order chi connectivity index (χ1) is 13.9. The van der Waals surface area contributed by atoms with E-state index in [9.17, 15) is 0 Å². The van der Waals surface area contributed by atoms with Gasteiger partial charge in [-0.2, -0.15) is 0 Å². The SMILES string of the molecule is CC(C)(c1ccc(OCC2CO2)cc1)c1ccc(OCC(CO)ON(O)O)cc1. The van der Waals surface area contributed by atoms with Crippen LogP contribution in [0.5, 0.6) is 11.5 Å². The lowest BCUT2D eigenvalue weighted by atomic mass is 9.78. The first-order valence-corrected chi connectivity index (χ1v) is 9.42. The van der Waals surface area contributed by atoms with Crippen molar-refractivity contribution in [2.75, 3.05) is 26.4 Å². The molecule has 0 bridgehead atoms. The molecule has 8 nitrogen and oxygen atoms in total. The van der Waals surface area contributed by atoms with Crippen LogP contribution in [0, 0.1) is 0 Å². The van der Waals surface area contributed by atoms with Crippen molar-refractivity contribution in [1.82, 2.24) is 5.39 Å². The monoisotopic (exact) mass is 405 g/mol. The number of aliphatic hydroxyl groups excluding tert-OH is 1. The fraction of sp³-hybridized carbons (Fsp3) is 0.429. The topological polar surface area (TPSA) is 104 Å². The Bertz CT molecular complexity index is 758. The normalized spacial score (nSPS) is 17.2. The minimum Gasteiger partial charge on any atom is -0.491 e. The third kappa shape index (κ3) is 6.14. The fourth-order valence-corrected chi connectivity index (χ4v) is 2.89. The van der Waals surface area contributed by atoms with E-state index in [1.165, 1.54) is 0 Å². The summed E-state index contributed by atoms with van der Waals surface area (Å²) in [6, 6.07) is 15.7. The van der Waals surface area contributed by atoms with Crippen LogP contribution in [-0.4, -0.2) is 59.5 Å². The summed E-state index contributed by atoms with van der Waals surface area (Å²) in [5.74, 6) is 1.41. The van der Waals surface area contributed by atoms with E-state index in [1.807, 2.05) is 36.4 Å². The molecule has 2 aromatic carbocycles. The summed E-state index contributed by atoms with van der Waals surface area (Å²) in [7, 11) is 0. The molecular formula is C21H27NO7. The van der Waals surface area contributed by atoms with Crippen LogP contribution in [0.3, 0.4) is 0 Å². The van der Waals surface area contributed by atoms with E-state index in [1.54, 1.807) is 0 Å². The number of hydrogen-bond donors (Lipinski definition) is 3. The van der Waals surface area contributed by atoms with E-state index in [2.05, 4.69) is 30.8 Å². The van der Waals surface area contributed by atoms with E-state index in [0.717, 1.165) is 23.5 Å². The van der Waals surface area contributed by atoms with Crippen molar-refractivity contribution in [3.8, 4) is 11.5 Å². The summed E-state index contributed by atoms with van der Waals surface area (Å²) >= 11 is 0. The van der Waals surface area contributed by atoms with Gasteiger partial charge in [0.25, 0.3) is 0 Å². The summed E-state index contributed by atoms with van der Waals surface area (Å²) in [6.45, 7) is 5.19. The highest BCUT2D eigenvalue weighted by atomic mass is 17.1. The van der Waals surface area contributed by atoms with Crippen LogP contribution in [0.1, 0.15) is 25.0 Å². The molecule has 1 saturated heterocycles. The largest absolute Gasteiger partial charge is 0.491 e. The van der Waals surface area contributed by atoms with Gasteiger partial charge in [-0.05, 0) is 35.4 Å². The Kier molecular flexibility index (Phi) is 7.07. The van der Waals surface area contributed by atoms with Crippen LogP contribution in [-0.2, 0) is 15.0 Å². The highest BCUT2D eigenvalue weighted by molar-refractivity contribution is 5.41. The molecule has 1 aliphatic rings. The molecule has 0 aromatic heterocycles. The average Bonchev–Trinajstić information content (AvgIpc) is 3.54. The Labute approximate surface area is 169 Å². The van der Waals surface area contributed by atoms with E-state index in [0.29, 0.717) is 12.4 Å². The quantitative estimate of drug-likeness (QED) is 0.387. The minimum absolute atomic E-state index is 0.0375. The van der Waals surface area contributed by atoms with Gasteiger partial charge in [-0.15, -0.1) is 0 Å². The third-order valence-electron chi connectivity index (χ3n) is 4.87. The van der Waals surface area contributed by atoms with Crippen molar-refractivity contribution >= 4 is 0 Å². The van der Waals surface area contributed by atoms with Crippen molar-refractivity contribution in [2.24, 2.45) is 0 Å². The second-order valence-electron chi connectivity index (χ2n) is 7.41. The lowest BCUT2D eigenvalue weighted by Crippen LogP contribution is -2.32. The van der Waals surface area contributed by atoms with Crippen LogP contribution in [0.4, 0.5) is 0 Å². The molecule has 0 amide bonds. The maximum Gasteiger partial charge on any atom is 0.141 e. The smallest absolute Gasteiger partial charge is 0.141 e. The molecule has 0 saturated carbocycles. The van der Waals surface area contributed by atoms with Crippen molar-refractivity contribution < 1.29 is 34.6 Å². The van der Waals surface area contributed by atoms with Gasteiger partial charge in [-0.3, -0.25) is 10.4 Å². The van der Waals surface area contributed by atoms with Gasteiger partial charge in [0, 0.05) is 5.41 Å². The van der Waals surface area contributed by atoms with Gasteiger partial charge in [0.1, 0.15) is 36.9 Å². The lowest BCUT2D eigenvalue weighted by molar-refractivity contribution is -0.506. The standard InChI is InChI=1S/C21H27NO7/c1-21(2,16-5-9-18(10-6-16)27-13-20-14-28-20)15-3-7-17(8-4-15)26-12-19(11-23)29-22(24)25/h3-10,19-20,23-25H,11-14H2,1-2H3. The number of rotatable bonds is 11. The maximum atomic E-state index is 9.14. The predicted molar refractivity (Wildman–Crippen MR) is 103 cm³/mol. The Morgan fingerprint density at radius 1 is 1.00 bits per heavy atom. The number of nitrogens with zero attached hydrogens (tertiary/aromatic N) is 1. The first-order valence-electron chi connectivity index (χ1n) is 9.42. The van der Waals surface area contributed by atoms with Gasteiger partial charge < -0.3 is 19.3 Å². The summed E-state index contributed by atoms with van der Waals surface area (Å²) < 4.78 is 16.4. The van der Waals surface area contributed by atoms with E-state index < -0.39 is 18.1 Å². The molecule has 2 unspecified atom stereocenters. The van der Waals surface area contributed by atoms with Gasteiger partial charge in [0.05, 0.1) is 18.6 Å². The van der Waals surface area contributed by atoms with Crippen molar-refractivity contribution in [2.45, 2.75) is 31.5 Å². The number of ether oxygens (including phenoxy) is 3. The zero-order valence-corrected chi connectivity index (χ0v) is 16.5. The Balaban J connectivity index is 1.59. The molecule has 1 aliphatic heterocycles. The Morgan fingerprint density at radius 2 is 1.52 bits per heavy atom. The van der Waals surface area contributed by atoms with Crippen LogP contribution < -0.4 is 9.47 Å². The molecule has 1 fully saturated rings. The Hall–Kier alpha value is -2.20. The lowest BCUT2D eigenvalue weighted by Gasteiger charge is -2.26. The van der Waals surface area contributed by atoms with E-state index in [4.69, 9.17) is 29.7 Å². The highest BCUT2D eigenvalue weighted by Crippen LogP contribution is 2.33. The molecule has 29 heavy (non-hydrogen) atoms. The van der Waals surface area contributed by atoms with Crippen LogP contribution in [0.15, 0.2) is 48.5 Å². The van der Waals surface area contributed by atoms with Crippen LogP contribution in [0.2, 0.25) is 0 Å². The molecule has 2 aromatic rings. The molecule has 1 heterocycles. The number of hydrogen-bond acceptors (Lipinski definition) is 8. The first kappa shape index (κ1) is 21.5. The highest BCUT2D eigenvalue weighted by Gasteiger charge is 2.25. The molecule has 0 spiro atoms. The zero-order chi connectivity index (χ0) is 20.9. The molecule has 0 radical (unpaired) electrons. The minimum atomic E-state index is -0.895. The number of benzene rings is 2. The summed E-state index contributed by atoms with van der Waals surface area (Å²) in [6.07, 6.45) is -0.661. The van der Waals surface area contributed by atoms with E-state index >= 15 is 0 Å². The van der Waals surface area contributed by atoms with Gasteiger partial charge in [-0.25, -0.2) is 4.84 Å². The molecule has 8 heteroatoms. The van der Waals surface area contributed by atoms with Crippen molar-refractivity contribution in [3.05, 3.63) is 59.7 Å². The van der Waals surface area contributed by atoms with Gasteiger partial charge in [0.15, 0.2) is 0 Å². The molecular weight excluding hydrogens is 378 g/mol. The maximum absolute atomic E-state index is 9.14. The molecule has 3 rings (SSSR count). The summed E-state index contributed by atoms with van der Waals surface area (Å²) in [4.78, 5) is 4.55. The van der Waals surface area contributed by atoms with Gasteiger partial charge >= 0.3 is 0 Å². The average molecular weight is 405 g/mol.